The summed E-state index contributed by atoms with van der Waals surface area (Å²) in [6, 6.07) is 7.95. The molecule has 0 saturated carbocycles. The van der Waals surface area contributed by atoms with Gasteiger partial charge in [-0.3, -0.25) is 0 Å². The average molecular weight is 217 g/mol. The molecule has 2 heterocycles. The van der Waals surface area contributed by atoms with E-state index in [1.807, 2.05) is 24.3 Å². The fraction of sp³-hybridized carbons (Fsp3) is 0.385. The van der Waals surface area contributed by atoms with Gasteiger partial charge in [0, 0.05) is 5.39 Å². The number of ether oxygens (including phenoxy) is 1. The number of hydrogen-bond donors (Lipinski definition) is 1. The molecule has 1 aromatic carbocycles. The molecule has 0 amide bonds. The van der Waals surface area contributed by atoms with E-state index in [2.05, 4.69) is 5.32 Å². The molecule has 1 saturated heterocycles. The molecule has 1 aliphatic heterocycles. The van der Waals surface area contributed by atoms with Gasteiger partial charge in [0.1, 0.15) is 17.4 Å². The molecule has 2 aromatic rings. The van der Waals surface area contributed by atoms with Gasteiger partial charge in [0.15, 0.2) is 0 Å². The SMILES string of the molecule is c1cc2cc(OC3CCNCC3)ccc2o1. The summed E-state index contributed by atoms with van der Waals surface area (Å²) in [6.07, 6.45) is 4.23. The number of benzene rings is 1. The predicted octanol–water partition coefficient (Wildman–Crippen LogP) is 2.56. The van der Waals surface area contributed by atoms with E-state index in [9.17, 15) is 0 Å². The van der Waals surface area contributed by atoms with Gasteiger partial charge in [-0.25, -0.2) is 0 Å². The minimum absolute atomic E-state index is 0.352. The lowest BCUT2D eigenvalue weighted by Gasteiger charge is -2.23. The lowest BCUT2D eigenvalue weighted by Crippen LogP contribution is -2.34. The maximum atomic E-state index is 5.95. The van der Waals surface area contributed by atoms with E-state index in [1.165, 1.54) is 0 Å². The van der Waals surface area contributed by atoms with E-state index in [1.54, 1.807) is 6.26 Å². The highest BCUT2D eigenvalue weighted by Gasteiger charge is 2.14. The summed E-state index contributed by atoms with van der Waals surface area (Å²) < 4.78 is 11.2. The van der Waals surface area contributed by atoms with Crippen LogP contribution in [0.5, 0.6) is 5.75 Å². The molecule has 0 bridgehead atoms. The fourth-order valence-corrected chi connectivity index (χ4v) is 2.12. The molecule has 1 fully saturated rings. The second-order valence-electron chi connectivity index (χ2n) is 4.19. The van der Waals surface area contributed by atoms with E-state index in [4.69, 9.17) is 9.15 Å². The van der Waals surface area contributed by atoms with Gasteiger partial charge in [-0.15, -0.1) is 0 Å². The first-order valence-electron chi connectivity index (χ1n) is 5.76. The summed E-state index contributed by atoms with van der Waals surface area (Å²) in [5, 5.41) is 4.43. The van der Waals surface area contributed by atoms with Gasteiger partial charge in [0.2, 0.25) is 0 Å². The number of furan rings is 1. The van der Waals surface area contributed by atoms with Crippen LogP contribution in [0.3, 0.4) is 0 Å². The van der Waals surface area contributed by atoms with Crippen LogP contribution in [0.4, 0.5) is 0 Å². The first-order valence-corrected chi connectivity index (χ1v) is 5.76. The van der Waals surface area contributed by atoms with Gasteiger partial charge in [0.05, 0.1) is 6.26 Å². The van der Waals surface area contributed by atoms with Crippen molar-refractivity contribution < 1.29 is 9.15 Å². The highest BCUT2D eigenvalue weighted by molar-refractivity contribution is 5.78. The van der Waals surface area contributed by atoms with E-state index in [-0.39, 0.29) is 0 Å². The number of nitrogens with one attached hydrogen (secondary N) is 1. The lowest BCUT2D eigenvalue weighted by atomic mass is 10.1. The molecular formula is C13H15NO2. The van der Waals surface area contributed by atoms with Crippen molar-refractivity contribution in [3.05, 3.63) is 30.5 Å². The molecule has 0 unspecified atom stereocenters. The third-order valence-corrected chi connectivity index (χ3v) is 3.01. The highest BCUT2D eigenvalue weighted by atomic mass is 16.5. The van der Waals surface area contributed by atoms with E-state index in [0.29, 0.717) is 6.10 Å². The zero-order valence-electron chi connectivity index (χ0n) is 9.11. The molecule has 3 heteroatoms. The van der Waals surface area contributed by atoms with Gasteiger partial charge in [-0.2, -0.15) is 0 Å². The lowest BCUT2D eigenvalue weighted by molar-refractivity contribution is 0.162. The Morgan fingerprint density at radius 3 is 2.94 bits per heavy atom. The summed E-state index contributed by atoms with van der Waals surface area (Å²) in [7, 11) is 0. The monoisotopic (exact) mass is 217 g/mol. The van der Waals surface area contributed by atoms with Crippen LogP contribution in [0, 0.1) is 0 Å². The molecular weight excluding hydrogens is 202 g/mol. The zero-order chi connectivity index (χ0) is 10.8. The summed E-state index contributed by atoms with van der Waals surface area (Å²) in [5.41, 5.74) is 0.915. The van der Waals surface area contributed by atoms with Crippen molar-refractivity contribution in [2.75, 3.05) is 13.1 Å². The maximum Gasteiger partial charge on any atom is 0.134 e. The van der Waals surface area contributed by atoms with Gasteiger partial charge < -0.3 is 14.5 Å². The van der Waals surface area contributed by atoms with Crippen LogP contribution < -0.4 is 10.1 Å². The molecule has 16 heavy (non-hydrogen) atoms. The predicted molar refractivity (Wildman–Crippen MR) is 62.7 cm³/mol. The summed E-state index contributed by atoms with van der Waals surface area (Å²) in [4.78, 5) is 0. The Bertz CT molecular complexity index is 471. The summed E-state index contributed by atoms with van der Waals surface area (Å²) in [5.74, 6) is 0.945. The van der Waals surface area contributed by atoms with E-state index >= 15 is 0 Å². The van der Waals surface area contributed by atoms with Crippen LogP contribution in [0.15, 0.2) is 34.9 Å². The van der Waals surface area contributed by atoms with Crippen molar-refractivity contribution in [3.8, 4) is 5.75 Å². The normalized spacial score (nSPS) is 17.8. The molecule has 1 aromatic heterocycles. The van der Waals surface area contributed by atoms with Crippen LogP contribution >= 0.6 is 0 Å². The van der Waals surface area contributed by atoms with Crippen LogP contribution in [0.25, 0.3) is 11.0 Å². The smallest absolute Gasteiger partial charge is 0.134 e. The molecule has 3 nitrogen and oxygen atoms in total. The van der Waals surface area contributed by atoms with Crippen LogP contribution in [0.2, 0.25) is 0 Å². The Hall–Kier alpha value is -1.48. The molecule has 0 aliphatic carbocycles. The minimum Gasteiger partial charge on any atom is -0.490 e. The second-order valence-corrected chi connectivity index (χ2v) is 4.19. The largest absolute Gasteiger partial charge is 0.490 e. The second kappa shape index (κ2) is 4.18. The van der Waals surface area contributed by atoms with E-state index < -0.39 is 0 Å². The van der Waals surface area contributed by atoms with Crippen molar-refractivity contribution in [1.29, 1.82) is 0 Å². The first-order chi connectivity index (χ1) is 7.92. The quantitative estimate of drug-likeness (QED) is 0.839. The molecule has 0 radical (unpaired) electrons. The van der Waals surface area contributed by atoms with Gasteiger partial charge in [0.25, 0.3) is 0 Å². The number of piperidine rings is 1. The standard InChI is InChI=1S/C13H15NO2/c1-2-13-10(5-8-15-13)9-12(1)16-11-3-6-14-7-4-11/h1-2,5,8-9,11,14H,3-4,6-7H2. The third-order valence-electron chi connectivity index (χ3n) is 3.01. The Morgan fingerprint density at radius 2 is 2.06 bits per heavy atom. The van der Waals surface area contributed by atoms with Gasteiger partial charge in [-0.05, 0) is 50.2 Å². The fourth-order valence-electron chi connectivity index (χ4n) is 2.12. The van der Waals surface area contributed by atoms with Crippen LogP contribution in [-0.4, -0.2) is 19.2 Å². The van der Waals surface area contributed by atoms with Gasteiger partial charge >= 0.3 is 0 Å². The van der Waals surface area contributed by atoms with Crippen molar-refractivity contribution in [1.82, 2.24) is 5.32 Å². The van der Waals surface area contributed by atoms with E-state index in [0.717, 1.165) is 42.6 Å². The number of hydrogen-bond acceptors (Lipinski definition) is 3. The molecule has 3 rings (SSSR count). The summed E-state index contributed by atoms with van der Waals surface area (Å²) in [6.45, 7) is 2.11. The third kappa shape index (κ3) is 1.91. The topological polar surface area (TPSA) is 34.4 Å². The first kappa shape index (κ1) is 9.73. The number of rotatable bonds is 2. The van der Waals surface area contributed by atoms with Crippen molar-refractivity contribution in [2.24, 2.45) is 0 Å². The maximum absolute atomic E-state index is 5.95. The molecule has 1 N–H and O–H groups in total. The highest BCUT2D eigenvalue weighted by Crippen LogP contribution is 2.23. The van der Waals surface area contributed by atoms with Crippen LogP contribution in [0.1, 0.15) is 12.8 Å². The van der Waals surface area contributed by atoms with Crippen molar-refractivity contribution in [3.63, 3.8) is 0 Å². The number of fused-ring (bicyclic) bond motifs is 1. The van der Waals surface area contributed by atoms with Crippen LogP contribution in [-0.2, 0) is 0 Å². The minimum atomic E-state index is 0.352. The van der Waals surface area contributed by atoms with Gasteiger partial charge in [-0.1, -0.05) is 0 Å². The molecule has 84 valence electrons. The average Bonchev–Trinajstić information content (AvgIpc) is 2.77. The Kier molecular flexibility index (Phi) is 2.54. The Balaban J connectivity index is 1.77. The van der Waals surface area contributed by atoms with Crippen molar-refractivity contribution in [2.45, 2.75) is 18.9 Å². The molecule has 0 atom stereocenters. The molecule has 0 spiro atoms. The molecule has 1 aliphatic rings. The zero-order valence-corrected chi connectivity index (χ0v) is 9.11. The Labute approximate surface area is 94.4 Å². The van der Waals surface area contributed by atoms with Crippen molar-refractivity contribution >= 4 is 11.0 Å². The Morgan fingerprint density at radius 1 is 1.19 bits per heavy atom. The summed E-state index contributed by atoms with van der Waals surface area (Å²) >= 11 is 0.